The van der Waals surface area contributed by atoms with Crippen LogP contribution in [0.3, 0.4) is 0 Å². The highest BCUT2D eigenvalue weighted by Gasteiger charge is 2.41. The lowest BCUT2D eigenvalue weighted by atomic mass is 9.99. The van der Waals surface area contributed by atoms with Gasteiger partial charge < -0.3 is 37.8 Å². The molecule has 0 amide bonds. The Morgan fingerprint density at radius 1 is 0.649 bits per heavy atom. The van der Waals surface area contributed by atoms with Crippen molar-refractivity contribution in [3.05, 3.63) is 58.7 Å². The van der Waals surface area contributed by atoms with Gasteiger partial charge in [0.25, 0.3) is 11.8 Å². The molecule has 1 spiro atoms. The predicted octanol–water partition coefficient (Wildman–Crippen LogP) is 6.61. The molecule has 0 unspecified atom stereocenters. The van der Waals surface area contributed by atoms with Crippen LogP contribution in [0.2, 0.25) is 0 Å². The van der Waals surface area contributed by atoms with Crippen LogP contribution in [0.1, 0.15) is 48.5 Å². The highest BCUT2D eigenvalue weighted by molar-refractivity contribution is 5.95. The van der Waals surface area contributed by atoms with Crippen LogP contribution in [0.5, 0.6) is 11.5 Å². The van der Waals surface area contributed by atoms with E-state index in [0.717, 1.165) is 11.1 Å². The van der Waals surface area contributed by atoms with Gasteiger partial charge in [0.1, 0.15) is 40.0 Å². The Hall–Kier alpha value is -5.81. The predicted molar refractivity (Wildman–Crippen MR) is 205 cm³/mol. The van der Waals surface area contributed by atoms with Crippen molar-refractivity contribution < 1.29 is 41.6 Å². The summed E-state index contributed by atoms with van der Waals surface area (Å²) < 4.78 is 62.6. The van der Waals surface area contributed by atoms with E-state index in [-0.39, 0.29) is 16.8 Å². The van der Waals surface area contributed by atoms with Gasteiger partial charge in [-0.3, -0.25) is 4.79 Å². The first-order valence-electron chi connectivity index (χ1n) is 18.7. The number of hydrogen-bond acceptors (Lipinski definition) is 15. The van der Waals surface area contributed by atoms with Crippen LogP contribution in [0.4, 0.5) is 20.4 Å². The minimum atomic E-state index is -0.512. The number of aromatic nitrogens is 6. The van der Waals surface area contributed by atoms with Crippen LogP contribution in [0, 0.1) is 39.3 Å². The van der Waals surface area contributed by atoms with Crippen molar-refractivity contribution >= 4 is 39.2 Å². The Balaban J connectivity index is 0.000000161. The third-order valence-corrected chi connectivity index (χ3v) is 10.7. The number of methoxy groups -OCH3 is 2. The topological polar surface area (TPSA) is 164 Å². The van der Waals surface area contributed by atoms with Gasteiger partial charge in [0, 0.05) is 74.8 Å². The number of carbonyl (C=O) groups is 1. The number of piperidine rings is 2. The summed E-state index contributed by atoms with van der Waals surface area (Å²) in [6.45, 7) is 10.9. The van der Waals surface area contributed by atoms with Gasteiger partial charge in [-0.05, 0) is 51.0 Å². The summed E-state index contributed by atoms with van der Waals surface area (Å²) in [5.41, 5.74) is 3.49. The molecule has 4 aromatic heterocycles. The molecule has 3 aliphatic heterocycles. The highest BCUT2D eigenvalue weighted by Crippen LogP contribution is 2.42. The van der Waals surface area contributed by atoms with E-state index >= 15 is 0 Å². The van der Waals surface area contributed by atoms with Crippen LogP contribution < -0.4 is 19.3 Å². The van der Waals surface area contributed by atoms with E-state index in [1.807, 2.05) is 18.7 Å². The first-order valence-corrected chi connectivity index (χ1v) is 18.7. The first-order chi connectivity index (χ1) is 27.5. The van der Waals surface area contributed by atoms with Crippen LogP contribution in [-0.2, 0) is 14.3 Å². The average Bonchev–Trinajstić information content (AvgIpc) is 3.97. The van der Waals surface area contributed by atoms with E-state index in [1.165, 1.54) is 26.4 Å². The standard InChI is InChI=1S/C21H23FN4O4.C19H19FN4O3/c1-12-15-10-14(27-3)11-16(22)18(15)24-19(17(12)20-23-13(2)25-30-20)26-6-4-21(5-7-26)28-8-9-29-21;1-10-14-8-13(26-3)9-15(20)17(14)22-18(24-6-4-12(25)5-7-24)16(10)19-21-11(2)23-27-19/h10-11H,4-9H2,1-3H3;8-9H,4-7H2,1-3H3. The highest BCUT2D eigenvalue weighted by atomic mass is 19.1. The Morgan fingerprint density at radius 3 is 1.49 bits per heavy atom. The fourth-order valence-electron chi connectivity index (χ4n) is 7.69. The molecular weight excluding hydrogens is 742 g/mol. The van der Waals surface area contributed by atoms with Crippen molar-refractivity contribution in [1.29, 1.82) is 0 Å². The van der Waals surface area contributed by atoms with Crippen LogP contribution >= 0.6 is 0 Å². The van der Waals surface area contributed by atoms with Gasteiger partial charge >= 0.3 is 0 Å². The van der Waals surface area contributed by atoms with Crippen molar-refractivity contribution in [2.75, 3.05) is 63.4 Å². The van der Waals surface area contributed by atoms with Crippen molar-refractivity contribution in [1.82, 2.24) is 30.2 Å². The van der Waals surface area contributed by atoms with Crippen molar-refractivity contribution in [2.45, 2.75) is 59.2 Å². The lowest BCUT2D eigenvalue weighted by molar-refractivity contribution is -0.169. The van der Waals surface area contributed by atoms with Gasteiger partial charge in [-0.2, -0.15) is 9.97 Å². The second-order valence-corrected chi connectivity index (χ2v) is 14.3. The Bertz CT molecular complexity index is 2480. The number of halogens is 2. The minimum absolute atomic E-state index is 0.217. The molecule has 0 atom stereocenters. The molecule has 0 bridgehead atoms. The number of aryl methyl sites for hydroxylation is 4. The van der Waals surface area contributed by atoms with Gasteiger partial charge in [-0.15, -0.1) is 0 Å². The number of benzene rings is 2. The molecule has 2 aromatic carbocycles. The summed E-state index contributed by atoms with van der Waals surface area (Å²) in [5, 5.41) is 9.09. The maximum Gasteiger partial charge on any atom is 0.261 e. The van der Waals surface area contributed by atoms with Gasteiger partial charge in [0.2, 0.25) is 0 Å². The lowest BCUT2D eigenvalue weighted by Gasteiger charge is -2.38. The number of ether oxygens (including phenoxy) is 4. The smallest absolute Gasteiger partial charge is 0.261 e. The van der Waals surface area contributed by atoms with Crippen LogP contribution in [-0.4, -0.2) is 95.4 Å². The molecule has 9 rings (SSSR count). The maximum absolute atomic E-state index is 14.9. The zero-order chi connectivity index (χ0) is 40.0. The molecule has 0 radical (unpaired) electrons. The molecule has 7 heterocycles. The molecule has 57 heavy (non-hydrogen) atoms. The summed E-state index contributed by atoms with van der Waals surface area (Å²) in [6, 6.07) is 6.19. The summed E-state index contributed by atoms with van der Waals surface area (Å²) in [5.74, 6) is 2.56. The van der Waals surface area contributed by atoms with E-state index in [4.69, 9.17) is 33.0 Å². The number of nitrogens with zero attached hydrogens (tertiary/aromatic N) is 8. The zero-order valence-electron chi connectivity index (χ0n) is 32.6. The van der Waals surface area contributed by atoms with Gasteiger partial charge in [-0.1, -0.05) is 10.3 Å². The summed E-state index contributed by atoms with van der Waals surface area (Å²) >= 11 is 0. The molecule has 298 valence electrons. The van der Waals surface area contributed by atoms with Crippen LogP contribution in [0.15, 0.2) is 33.3 Å². The van der Waals surface area contributed by atoms with E-state index < -0.39 is 17.4 Å². The fourth-order valence-corrected chi connectivity index (χ4v) is 7.69. The van der Waals surface area contributed by atoms with Gasteiger partial charge in [0.05, 0.1) is 38.6 Å². The van der Waals surface area contributed by atoms with E-state index in [2.05, 4.69) is 30.2 Å². The molecule has 0 saturated carbocycles. The molecule has 15 nitrogen and oxygen atoms in total. The molecule has 6 aromatic rings. The number of carbonyl (C=O) groups excluding carboxylic acids is 1. The fraction of sp³-hybridized carbons (Fsp3) is 0.425. The number of anilines is 2. The Morgan fingerprint density at radius 2 is 1.09 bits per heavy atom. The number of Topliss-reactive ketones (excluding diaryl/α,β-unsaturated/α-hetero) is 1. The number of hydrogen-bond donors (Lipinski definition) is 0. The van der Waals surface area contributed by atoms with Crippen molar-refractivity contribution in [3.63, 3.8) is 0 Å². The molecule has 17 heteroatoms. The molecular formula is C40H42F2N8O7. The number of ketones is 1. The molecule has 3 saturated heterocycles. The Kier molecular flexibility index (Phi) is 10.2. The minimum Gasteiger partial charge on any atom is -0.497 e. The van der Waals surface area contributed by atoms with Gasteiger partial charge in [-0.25, -0.2) is 18.7 Å². The number of pyridine rings is 2. The number of rotatable bonds is 6. The normalized spacial score (nSPS) is 16.7. The summed E-state index contributed by atoms with van der Waals surface area (Å²) in [6.07, 6.45) is 2.29. The first kappa shape index (κ1) is 38.1. The largest absolute Gasteiger partial charge is 0.497 e. The van der Waals surface area contributed by atoms with Gasteiger partial charge in [0.15, 0.2) is 29.1 Å². The second-order valence-electron chi connectivity index (χ2n) is 14.3. The quantitative estimate of drug-likeness (QED) is 0.177. The monoisotopic (exact) mass is 784 g/mol. The van der Waals surface area contributed by atoms with Crippen LogP contribution in [0.25, 0.3) is 44.7 Å². The van der Waals surface area contributed by atoms with Crippen molar-refractivity contribution in [3.8, 4) is 34.4 Å². The number of fused-ring (bicyclic) bond motifs is 2. The molecule has 0 N–H and O–H groups in total. The zero-order valence-corrected chi connectivity index (χ0v) is 32.6. The summed E-state index contributed by atoms with van der Waals surface area (Å²) in [4.78, 5) is 33.8. The van der Waals surface area contributed by atoms with E-state index in [9.17, 15) is 13.6 Å². The molecule has 3 aliphatic rings. The molecule has 3 fully saturated rings. The average molecular weight is 785 g/mol. The summed E-state index contributed by atoms with van der Waals surface area (Å²) in [7, 11) is 3.00. The lowest BCUT2D eigenvalue weighted by Crippen LogP contribution is -2.45. The third-order valence-electron chi connectivity index (χ3n) is 10.7. The third kappa shape index (κ3) is 7.20. The van der Waals surface area contributed by atoms with E-state index in [0.29, 0.717) is 134 Å². The SMILES string of the molecule is COc1cc(F)c2nc(N3CCC(=O)CC3)c(-c3nc(C)no3)c(C)c2c1.COc1cc(F)c2nc(N3CCC4(CC3)OCCO4)c(-c3nc(C)no3)c(C)c2c1. The second kappa shape index (κ2) is 15.3. The van der Waals surface area contributed by atoms with E-state index in [1.54, 1.807) is 26.0 Å². The van der Waals surface area contributed by atoms with Crippen molar-refractivity contribution in [2.24, 2.45) is 0 Å². The molecule has 0 aliphatic carbocycles. The maximum atomic E-state index is 14.9. The Labute approximate surface area is 326 Å².